The number of nitrogens with two attached hydrogens (primary N) is 4. The summed E-state index contributed by atoms with van der Waals surface area (Å²) in [5, 5.41) is 32.9. The largest absolute Gasteiger partial charge is 1.00 e. The number of nitrogens with zero attached hydrogens (tertiary/aromatic N) is 4. The number of nitrogens with one attached hydrogen (secondary N) is 5. The summed E-state index contributed by atoms with van der Waals surface area (Å²) in [6.07, 6.45) is 16.7. The van der Waals surface area contributed by atoms with E-state index in [9.17, 15) is 53.3 Å². The van der Waals surface area contributed by atoms with Crippen LogP contribution in [0.5, 0.6) is 23.0 Å². The Morgan fingerprint density at radius 3 is 1.28 bits per heavy atom. The van der Waals surface area contributed by atoms with Crippen molar-refractivity contribution >= 4 is 41.8 Å². The quantitative estimate of drug-likeness (QED) is 0.00375. The molecule has 0 bridgehead atoms. The van der Waals surface area contributed by atoms with E-state index in [1.807, 2.05) is 121 Å². The minimum Gasteiger partial charge on any atom is -1.00 e. The summed E-state index contributed by atoms with van der Waals surface area (Å²) >= 11 is 0. The van der Waals surface area contributed by atoms with Gasteiger partial charge >= 0.3 is 115 Å². The SMILES string of the molecule is C=CCOCCC.C=CCOCCN.C=CCOCCN.C=CCOCCN1CNn2ccc(=O)c(OCc3ccccc3)c2C1=O.C=CCOCCNC(=O)c1[nH]ccc(=O)c1OCc1ccccc1.C=CCOCCNC(=O)c1c(OCc2ccccc2)c(=O)ccn1N.NOC(=O)c1ccc([N+](=O)[O-])cc1.O=C(O)c1[nH]ccc(=O)c1OCc1ccccc1.O=CO[O-].[H-].[K+].[K+]. The average molecular weight is 1900 g/mol. The van der Waals surface area contributed by atoms with E-state index in [1.54, 1.807) is 41.4 Å². The number of pyridine rings is 4. The van der Waals surface area contributed by atoms with E-state index in [4.69, 9.17) is 79.8 Å². The smallest absolute Gasteiger partial charge is 1.00 e. The maximum absolute atomic E-state index is 12.8. The van der Waals surface area contributed by atoms with Crippen LogP contribution in [0.1, 0.15) is 89.3 Å². The maximum atomic E-state index is 12.8. The van der Waals surface area contributed by atoms with Crippen LogP contribution in [-0.4, -0.2) is 189 Å². The second kappa shape index (κ2) is 77.8. The molecule has 0 saturated carbocycles. The van der Waals surface area contributed by atoms with Gasteiger partial charge in [0.25, 0.3) is 29.9 Å². The maximum Gasteiger partial charge on any atom is 1.00 e. The van der Waals surface area contributed by atoms with Gasteiger partial charge in [-0.25, -0.2) is 9.59 Å². The molecule has 1 aliphatic heterocycles. The van der Waals surface area contributed by atoms with Gasteiger partial charge in [0.15, 0.2) is 45.8 Å². The fourth-order valence-electron chi connectivity index (χ4n) is 9.83. The van der Waals surface area contributed by atoms with Gasteiger partial charge in [0.05, 0.1) is 83.2 Å². The zero-order valence-electron chi connectivity index (χ0n) is 75.8. The molecule has 0 atom stereocenters. The summed E-state index contributed by atoms with van der Waals surface area (Å²) in [6, 6.07) is 47.6. The van der Waals surface area contributed by atoms with Crippen molar-refractivity contribution in [2.24, 2.45) is 17.4 Å². The Morgan fingerprint density at radius 1 is 0.511 bits per heavy atom. The third kappa shape index (κ3) is 51.7. The number of rotatable bonds is 45. The number of nitro groups is 1. The first-order chi connectivity index (χ1) is 63.5. The molecule has 4 aromatic heterocycles. The molecule has 706 valence electrons. The first-order valence-corrected chi connectivity index (χ1v) is 40.1. The molecule has 39 nitrogen and oxygen atoms in total. The number of H-pyrrole nitrogens is 2. The molecule has 5 aromatic carbocycles. The summed E-state index contributed by atoms with van der Waals surface area (Å²) in [4.78, 5) is 139. The topological polar surface area (TPSA) is 553 Å². The van der Waals surface area contributed by atoms with Crippen molar-refractivity contribution in [1.82, 2.24) is 34.9 Å². The molecule has 9 aromatic rings. The van der Waals surface area contributed by atoms with Gasteiger partial charge in [-0.05, 0) is 40.8 Å². The van der Waals surface area contributed by atoms with Crippen LogP contribution >= 0.6 is 0 Å². The number of ether oxygens (including phenoxy) is 10. The van der Waals surface area contributed by atoms with E-state index in [-0.39, 0.29) is 217 Å². The van der Waals surface area contributed by atoms with Crippen LogP contribution in [0.25, 0.3) is 0 Å². The molecule has 0 unspecified atom stereocenters. The number of nitro benzene ring substituents is 1. The molecule has 41 heteroatoms. The van der Waals surface area contributed by atoms with Crippen molar-refractivity contribution in [2.45, 2.75) is 39.8 Å². The molecular formula is C92H115K2N13O26. The third-order valence-electron chi connectivity index (χ3n) is 15.8. The number of carbonyl (C=O) groups excluding carboxylic acids is 5. The zero-order chi connectivity index (χ0) is 96.4. The number of aromatic amines is 2. The number of amides is 3. The number of benzene rings is 5. The number of aromatic nitrogens is 4. The summed E-state index contributed by atoms with van der Waals surface area (Å²) in [7, 11) is 0. The average Bonchev–Trinajstić information content (AvgIpc) is 0.779. The predicted octanol–water partition coefficient (Wildman–Crippen LogP) is 1.27. The number of aromatic carboxylic acids is 1. The standard InChI is InChI=1S/C19H21N3O4.C18H21N3O4.C18H20N2O4.C13H11NO4.C7H6N2O4.C6H12O.2C5H11NO.CH2O3.2K.H/c1-2-11-25-12-10-21-14-20-22-9-8-16(23)18(17(22)19(21)24)26-13-15-6-4-3-5-7-15;1-2-11-24-12-9-20-18(23)16-17(15(22)8-10-21(16)19)25-13-14-6-4-3-5-7-14;1-2-11-23-12-10-20-18(22)16-17(15(21)8-9-19-16)24-13-14-6-4-3-5-7-14;15-10-6-7-14-11(13(16)17)12(10)18-8-9-4-2-1-3-5-9;8-13-7(10)5-1-3-6(4-2-5)9(11)12;1-3-5-7-6-4-2;2*1-2-4-7-5-3-6;2-1-4-3;;;/h2-9,20H,1,10-14H2;2-8,10H,1,9,11-13,19H2,(H,20,23);2-9H,1,10-13H2,(H,19,21)(H,20,22);1-7H,8H2,(H,14,15)(H,16,17);1-4H,8H2;3H,1,4-6H2,2H3;2*2H,1,3-6H2;1,3H;;;/q;;;;;;;;;2*+1;-1/p-1. The van der Waals surface area contributed by atoms with Crippen LogP contribution in [0.3, 0.4) is 0 Å². The molecular weight excluding hydrogens is 1780 g/mol. The van der Waals surface area contributed by atoms with Crippen molar-refractivity contribution in [3.63, 3.8) is 0 Å². The van der Waals surface area contributed by atoms with Crippen LogP contribution in [0.2, 0.25) is 0 Å². The van der Waals surface area contributed by atoms with Crippen molar-refractivity contribution < 1.29 is 205 Å². The van der Waals surface area contributed by atoms with Gasteiger partial charge < -0.3 is 117 Å². The number of hydrogen-bond donors (Lipinski definition) is 10. The second-order valence-electron chi connectivity index (χ2n) is 25.5. The molecule has 10 rings (SSSR count). The summed E-state index contributed by atoms with van der Waals surface area (Å²) in [5.74, 6) is 7.07. The van der Waals surface area contributed by atoms with Gasteiger partial charge in [-0.1, -0.05) is 165 Å². The molecule has 5 heterocycles. The molecule has 0 radical (unpaired) electrons. The van der Waals surface area contributed by atoms with E-state index >= 15 is 0 Å². The fraction of sp³-hybridized carbons (Fsp3) is 0.261. The number of nitrogen functional groups attached to an aromatic ring is 1. The molecule has 3 amide bonds. The number of hydrogen-bond acceptors (Lipinski definition) is 30. The first-order valence-electron chi connectivity index (χ1n) is 40.1. The van der Waals surface area contributed by atoms with Crippen molar-refractivity contribution in [3.05, 3.63) is 372 Å². The molecule has 0 aliphatic carbocycles. The van der Waals surface area contributed by atoms with Crippen LogP contribution in [0.15, 0.2) is 290 Å². The number of carboxylic acids is 1. The van der Waals surface area contributed by atoms with Crippen LogP contribution < -0.4 is 188 Å². The van der Waals surface area contributed by atoms with Gasteiger partial charge in [-0.15, -0.1) is 39.5 Å². The predicted molar refractivity (Wildman–Crippen MR) is 491 cm³/mol. The number of fused-ring (bicyclic) bond motifs is 1. The fourth-order valence-corrected chi connectivity index (χ4v) is 9.83. The van der Waals surface area contributed by atoms with Crippen molar-refractivity contribution in [2.75, 3.05) is 130 Å². The summed E-state index contributed by atoms with van der Waals surface area (Å²) in [6.45, 7) is 32.6. The monoisotopic (exact) mass is 1900 g/mol. The molecule has 14 N–H and O–H groups in total. The van der Waals surface area contributed by atoms with E-state index in [0.29, 0.717) is 106 Å². The molecule has 0 spiro atoms. The summed E-state index contributed by atoms with van der Waals surface area (Å²) in [5.41, 5.74) is 15.4. The Morgan fingerprint density at radius 2 is 0.880 bits per heavy atom. The molecule has 0 fully saturated rings. The van der Waals surface area contributed by atoms with Gasteiger partial charge in [-0.3, -0.25) is 57.8 Å². The minimum absolute atomic E-state index is 0. The van der Waals surface area contributed by atoms with Gasteiger partial charge in [0, 0.05) is 101 Å². The van der Waals surface area contributed by atoms with Crippen molar-refractivity contribution in [1.29, 1.82) is 0 Å². The van der Waals surface area contributed by atoms with E-state index in [1.165, 1.54) is 78.0 Å². The Bertz CT molecular complexity index is 5090. The van der Waals surface area contributed by atoms with Gasteiger partial charge in [0.1, 0.15) is 33.1 Å². The van der Waals surface area contributed by atoms with Crippen LogP contribution in [0.4, 0.5) is 5.69 Å². The van der Waals surface area contributed by atoms with Crippen molar-refractivity contribution in [3.8, 4) is 23.0 Å². The number of carbonyl (C=O) groups is 6. The number of non-ortho nitro benzene ring substituents is 1. The van der Waals surface area contributed by atoms with Gasteiger partial charge in [0.2, 0.25) is 21.7 Å². The Balaban J connectivity index is 0. The Labute approximate surface area is 856 Å². The van der Waals surface area contributed by atoms with E-state index < -0.39 is 39.5 Å². The number of carboxylic acid groups (broad SMARTS) is 1. The second-order valence-corrected chi connectivity index (χ2v) is 25.5. The van der Waals surface area contributed by atoms with Crippen LogP contribution in [-0.2, 0) is 69.4 Å². The zero-order valence-corrected chi connectivity index (χ0v) is 81.0. The van der Waals surface area contributed by atoms with Crippen LogP contribution in [0, 0.1) is 10.1 Å². The minimum atomic E-state index is -1.23. The normalized spacial score (nSPS) is 10.1. The molecule has 1 aliphatic rings. The first kappa shape index (κ1) is 121. The Hall–Kier alpha value is -11.8. The molecule has 0 saturated heterocycles. The third-order valence-corrected chi connectivity index (χ3v) is 15.8. The van der Waals surface area contributed by atoms with E-state index in [0.717, 1.165) is 40.0 Å². The van der Waals surface area contributed by atoms with Gasteiger partial charge in [-0.2, -0.15) is 5.90 Å². The summed E-state index contributed by atoms with van der Waals surface area (Å²) < 4.78 is 55.3. The van der Waals surface area contributed by atoms with E-state index in [2.05, 4.69) is 88.0 Å². The Kier molecular flexibility index (Phi) is 70.9. The molecule has 133 heavy (non-hydrogen) atoms.